The lowest BCUT2D eigenvalue weighted by atomic mass is 9.88. The molecule has 1 amide bonds. The van der Waals surface area contributed by atoms with Crippen LogP contribution in [0, 0.1) is 11.8 Å². The van der Waals surface area contributed by atoms with Crippen LogP contribution in [-0.4, -0.2) is 30.6 Å². The molecular formula is C18H26N2O2. The summed E-state index contributed by atoms with van der Waals surface area (Å²) >= 11 is 0. The molecular weight excluding hydrogens is 276 g/mol. The number of hydrogen-bond donors (Lipinski definition) is 2. The van der Waals surface area contributed by atoms with Gasteiger partial charge in [0.05, 0.1) is 6.10 Å². The second-order valence-electron chi connectivity index (χ2n) is 6.83. The Kier molecular flexibility index (Phi) is 4.50. The van der Waals surface area contributed by atoms with Gasteiger partial charge >= 0.3 is 0 Å². The van der Waals surface area contributed by atoms with Crippen molar-refractivity contribution in [1.29, 1.82) is 0 Å². The summed E-state index contributed by atoms with van der Waals surface area (Å²) in [4.78, 5) is 14.1. The minimum absolute atomic E-state index is 0.0181. The molecule has 0 spiro atoms. The first-order chi connectivity index (χ1) is 10.6. The van der Waals surface area contributed by atoms with Gasteiger partial charge < -0.3 is 15.3 Å². The van der Waals surface area contributed by atoms with Gasteiger partial charge in [-0.15, -0.1) is 0 Å². The number of carbonyl (C=O) groups excluding carboxylic acids is 1. The zero-order valence-electron chi connectivity index (χ0n) is 13.5. The third-order valence-electron chi connectivity index (χ3n) is 4.88. The minimum Gasteiger partial charge on any atom is -0.388 e. The highest BCUT2D eigenvalue weighted by Crippen LogP contribution is 2.34. The van der Waals surface area contributed by atoms with Crippen molar-refractivity contribution < 1.29 is 9.90 Å². The van der Waals surface area contributed by atoms with E-state index in [0.717, 1.165) is 50.1 Å². The third-order valence-corrected chi connectivity index (χ3v) is 4.88. The predicted molar refractivity (Wildman–Crippen MR) is 87.9 cm³/mol. The van der Waals surface area contributed by atoms with Crippen LogP contribution in [0.25, 0.3) is 0 Å². The number of nitrogens with zero attached hydrogens (tertiary/aromatic N) is 1. The number of nitrogens with one attached hydrogen (secondary N) is 1. The molecule has 2 aliphatic rings. The molecule has 2 heterocycles. The standard InChI is InChI=1S/C18H26N2O2/c1-12(2)18(22)20-9-7-13-10-14(5-6-16(13)20)17(21)15-4-3-8-19-11-15/h5-6,10,12,15,17,19,21H,3-4,7-9,11H2,1-2H3. The second-order valence-corrected chi connectivity index (χ2v) is 6.83. The van der Waals surface area contributed by atoms with Crippen LogP contribution < -0.4 is 10.2 Å². The number of piperidine rings is 1. The summed E-state index contributed by atoms with van der Waals surface area (Å²) in [5.41, 5.74) is 3.21. The first-order valence-electron chi connectivity index (χ1n) is 8.41. The van der Waals surface area contributed by atoms with Gasteiger partial charge in [0.15, 0.2) is 0 Å². The number of aliphatic hydroxyl groups is 1. The third kappa shape index (κ3) is 2.90. The van der Waals surface area contributed by atoms with Crippen LogP contribution in [0.4, 0.5) is 5.69 Å². The van der Waals surface area contributed by atoms with Gasteiger partial charge in [-0.2, -0.15) is 0 Å². The average molecular weight is 302 g/mol. The molecule has 3 rings (SSSR count). The average Bonchev–Trinajstić information content (AvgIpc) is 2.97. The maximum atomic E-state index is 12.2. The van der Waals surface area contributed by atoms with E-state index in [-0.39, 0.29) is 11.8 Å². The number of hydrogen-bond acceptors (Lipinski definition) is 3. The quantitative estimate of drug-likeness (QED) is 0.900. The second kappa shape index (κ2) is 6.39. The molecule has 0 bridgehead atoms. The molecule has 4 nitrogen and oxygen atoms in total. The van der Waals surface area contributed by atoms with Crippen LogP contribution in [0.15, 0.2) is 18.2 Å². The lowest BCUT2D eigenvalue weighted by Crippen LogP contribution is -2.33. The van der Waals surface area contributed by atoms with E-state index in [4.69, 9.17) is 0 Å². The van der Waals surface area contributed by atoms with Crippen molar-refractivity contribution in [1.82, 2.24) is 5.32 Å². The summed E-state index contributed by atoms with van der Waals surface area (Å²) in [5.74, 6) is 0.495. The fraction of sp³-hybridized carbons (Fsp3) is 0.611. The molecule has 2 atom stereocenters. The Bertz CT molecular complexity index is 550. The van der Waals surface area contributed by atoms with Crippen LogP contribution in [0.2, 0.25) is 0 Å². The molecule has 2 unspecified atom stereocenters. The van der Waals surface area contributed by atoms with Crippen molar-refractivity contribution in [2.24, 2.45) is 11.8 Å². The first kappa shape index (κ1) is 15.5. The molecule has 0 radical (unpaired) electrons. The van der Waals surface area contributed by atoms with E-state index in [1.165, 1.54) is 5.56 Å². The minimum atomic E-state index is -0.409. The number of fused-ring (bicyclic) bond motifs is 1. The van der Waals surface area contributed by atoms with Crippen LogP contribution in [0.3, 0.4) is 0 Å². The summed E-state index contributed by atoms with van der Waals surface area (Å²) < 4.78 is 0. The largest absolute Gasteiger partial charge is 0.388 e. The monoisotopic (exact) mass is 302 g/mol. The van der Waals surface area contributed by atoms with Crippen molar-refractivity contribution in [2.75, 3.05) is 24.5 Å². The van der Waals surface area contributed by atoms with Gasteiger partial charge in [0.25, 0.3) is 0 Å². The van der Waals surface area contributed by atoms with E-state index in [1.807, 2.05) is 30.9 Å². The van der Waals surface area contributed by atoms with Crippen molar-refractivity contribution in [3.05, 3.63) is 29.3 Å². The zero-order chi connectivity index (χ0) is 15.7. The number of carbonyl (C=O) groups is 1. The highest BCUT2D eigenvalue weighted by Gasteiger charge is 2.28. The first-order valence-corrected chi connectivity index (χ1v) is 8.41. The van der Waals surface area contributed by atoms with Crippen molar-refractivity contribution in [3.8, 4) is 0 Å². The summed E-state index contributed by atoms with van der Waals surface area (Å²) in [5, 5.41) is 14.0. The van der Waals surface area contributed by atoms with Crippen LogP contribution in [-0.2, 0) is 11.2 Å². The van der Waals surface area contributed by atoms with Crippen molar-refractivity contribution in [3.63, 3.8) is 0 Å². The maximum Gasteiger partial charge on any atom is 0.229 e. The normalized spacial score (nSPS) is 22.7. The summed E-state index contributed by atoms with van der Waals surface area (Å²) in [7, 11) is 0. The molecule has 4 heteroatoms. The Morgan fingerprint density at radius 3 is 2.91 bits per heavy atom. The number of amides is 1. The Morgan fingerprint density at radius 1 is 1.41 bits per heavy atom. The highest BCUT2D eigenvalue weighted by atomic mass is 16.3. The van der Waals surface area contributed by atoms with E-state index in [9.17, 15) is 9.90 Å². The van der Waals surface area contributed by atoms with Gasteiger partial charge in [-0.25, -0.2) is 0 Å². The molecule has 1 aromatic carbocycles. The van der Waals surface area contributed by atoms with Crippen LogP contribution in [0.1, 0.15) is 43.9 Å². The van der Waals surface area contributed by atoms with E-state index >= 15 is 0 Å². The highest BCUT2D eigenvalue weighted by molar-refractivity contribution is 5.96. The van der Waals surface area contributed by atoms with Crippen LogP contribution in [0.5, 0.6) is 0 Å². The Hall–Kier alpha value is -1.39. The Morgan fingerprint density at radius 2 is 2.23 bits per heavy atom. The van der Waals surface area contributed by atoms with Crippen LogP contribution >= 0.6 is 0 Å². The van der Waals surface area contributed by atoms with Gasteiger partial charge in [-0.1, -0.05) is 26.0 Å². The van der Waals surface area contributed by atoms with E-state index in [0.29, 0.717) is 5.92 Å². The van der Waals surface area contributed by atoms with Gasteiger partial charge in [-0.3, -0.25) is 4.79 Å². The van der Waals surface area contributed by atoms with Gasteiger partial charge in [0.2, 0.25) is 5.91 Å². The maximum absolute atomic E-state index is 12.2. The Balaban J connectivity index is 1.79. The fourth-order valence-corrected chi connectivity index (χ4v) is 3.57. The molecule has 1 saturated heterocycles. The SMILES string of the molecule is CC(C)C(=O)N1CCc2cc(C(O)C3CCCNC3)ccc21. The number of anilines is 1. The number of aliphatic hydroxyl groups excluding tert-OH is 1. The number of rotatable bonds is 3. The van der Waals surface area contributed by atoms with Gasteiger partial charge in [0.1, 0.15) is 0 Å². The molecule has 1 aromatic rings. The summed E-state index contributed by atoms with van der Waals surface area (Å²) in [6.45, 7) is 6.58. The predicted octanol–water partition coefficient (Wildman–Crippen LogP) is 2.26. The molecule has 22 heavy (non-hydrogen) atoms. The molecule has 120 valence electrons. The Labute approximate surface area is 132 Å². The molecule has 0 saturated carbocycles. The summed E-state index contributed by atoms with van der Waals surface area (Å²) in [6, 6.07) is 6.10. The fourth-order valence-electron chi connectivity index (χ4n) is 3.57. The smallest absolute Gasteiger partial charge is 0.229 e. The van der Waals surface area contributed by atoms with Crippen molar-refractivity contribution in [2.45, 2.75) is 39.2 Å². The van der Waals surface area contributed by atoms with E-state index in [2.05, 4.69) is 11.4 Å². The molecule has 0 aromatic heterocycles. The lowest BCUT2D eigenvalue weighted by molar-refractivity contribution is -0.121. The van der Waals surface area contributed by atoms with Gasteiger partial charge in [0, 0.05) is 30.6 Å². The molecule has 1 fully saturated rings. The molecule has 2 N–H and O–H groups in total. The molecule has 0 aliphatic carbocycles. The molecule has 2 aliphatic heterocycles. The van der Waals surface area contributed by atoms with Gasteiger partial charge in [-0.05, 0) is 43.0 Å². The topological polar surface area (TPSA) is 52.6 Å². The van der Waals surface area contributed by atoms with E-state index < -0.39 is 6.10 Å². The van der Waals surface area contributed by atoms with E-state index in [1.54, 1.807) is 0 Å². The zero-order valence-corrected chi connectivity index (χ0v) is 13.5. The number of benzene rings is 1. The lowest BCUT2D eigenvalue weighted by Gasteiger charge is -2.28. The van der Waals surface area contributed by atoms with Crippen molar-refractivity contribution >= 4 is 11.6 Å². The summed E-state index contributed by atoms with van der Waals surface area (Å²) in [6.07, 6.45) is 2.68.